The van der Waals surface area contributed by atoms with Crippen molar-refractivity contribution in [3.8, 4) is 0 Å². The lowest BCUT2D eigenvalue weighted by Gasteiger charge is -2.34. The third kappa shape index (κ3) is 4.01. The second-order valence-electron chi connectivity index (χ2n) is 6.11. The molecule has 2 heterocycles. The molecule has 25 heavy (non-hydrogen) atoms. The van der Waals surface area contributed by atoms with Crippen LogP contribution in [0.5, 0.6) is 0 Å². The van der Waals surface area contributed by atoms with Crippen molar-refractivity contribution in [2.45, 2.75) is 12.7 Å². The van der Waals surface area contributed by atoms with E-state index in [1.165, 1.54) is 16.8 Å². The molecule has 134 valence electrons. The molecule has 1 aromatic heterocycles. The van der Waals surface area contributed by atoms with E-state index in [1.807, 2.05) is 0 Å². The van der Waals surface area contributed by atoms with Crippen LogP contribution in [0.1, 0.15) is 21.6 Å². The normalized spacial score (nSPS) is 16.2. The fraction of sp³-hybridized carbons (Fsp3) is 0.412. The summed E-state index contributed by atoms with van der Waals surface area (Å²) in [5.41, 5.74) is 0.530. The van der Waals surface area contributed by atoms with Crippen molar-refractivity contribution in [2.75, 3.05) is 26.2 Å². The topological polar surface area (TPSA) is 41.4 Å². The summed E-state index contributed by atoms with van der Waals surface area (Å²) in [6.45, 7) is 2.78. The van der Waals surface area contributed by atoms with Crippen LogP contribution in [0.3, 0.4) is 0 Å². The number of alkyl halides is 3. The fourth-order valence-electron chi connectivity index (χ4n) is 2.96. The zero-order valence-corrected chi connectivity index (χ0v) is 13.8. The molecule has 0 N–H and O–H groups in total. The molecule has 0 atom stereocenters. The van der Waals surface area contributed by atoms with E-state index in [0.29, 0.717) is 44.0 Å². The number of hydrogen-bond donors (Lipinski definition) is 0. The Morgan fingerprint density at radius 3 is 2.48 bits per heavy atom. The number of halogens is 3. The molecule has 8 heteroatoms. The standard InChI is InChI=1S/C17H19F3N4O/c1-22-15(5-6-21-22)16(25)24-9-7-23(8-10-24)12-13-3-2-4-14(11-13)17(18,19)20/h2-6,11H,7-10,12H2,1H3. The average Bonchev–Trinajstić information content (AvgIpc) is 3.00. The molecule has 0 saturated carbocycles. The van der Waals surface area contributed by atoms with Crippen LogP contribution >= 0.6 is 0 Å². The molecule has 0 bridgehead atoms. The third-order valence-electron chi connectivity index (χ3n) is 4.36. The number of carbonyl (C=O) groups is 1. The first-order valence-electron chi connectivity index (χ1n) is 8.00. The summed E-state index contributed by atoms with van der Waals surface area (Å²) in [5, 5.41) is 4.00. The number of piperazine rings is 1. The first kappa shape index (κ1) is 17.5. The molecule has 0 spiro atoms. The molecule has 0 unspecified atom stereocenters. The highest BCUT2D eigenvalue weighted by atomic mass is 19.4. The van der Waals surface area contributed by atoms with Gasteiger partial charge in [-0.25, -0.2) is 0 Å². The highest BCUT2D eigenvalue weighted by Gasteiger charge is 2.30. The molecule has 0 radical (unpaired) electrons. The Morgan fingerprint density at radius 2 is 1.88 bits per heavy atom. The van der Waals surface area contributed by atoms with Crippen LogP contribution in [-0.4, -0.2) is 51.7 Å². The second-order valence-corrected chi connectivity index (χ2v) is 6.11. The number of hydrogen-bond acceptors (Lipinski definition) is 3. The summed E-state index contributed by atoms with van der Waals surface area (Å²) < 4.78 is 39.9. The van der Waals surface area contributed by atoms with E-state index in [4.69, 9.17) is 0 Å². The number of aromatic nitrogens is 2. The van der Waals surface area contributed by atoms with Crippen molar-refractivity contribution in [3.05, 3.63) is 53.3 Å². The van der Waals surface area contributed by atoms with E-state index in [2.05, 4.69) is 10.00 Å². The van der Waals surface area contributed by atoms with Crippen molar-refractivity contribution in [1.82, 2.24) is 19.6 Å². The molecule has 0 aliphatic carbocycles. The number of rotatable bonds is 3. The van der Waals surface area contributed by atoms with Gasteiger partial charge in [0.1, 0.15) is 5.69 Å². The Morgan fingerprint density at radius 1 is 1.16 bits per heavy atom. The quantitative estimate of drug-likeness (QED) is 0.852. The van der Waals surface area contributed by atoms with Gasteiger partial charge in [-0.15, -0.1) is 0 Å². The van der Waals surface area contributed by atoms with Gasteiger partial charge in [0.05, 0.1) is 5.56 Å². The Hall–Kier alpha value is -2.35. The summed E-state index contributed by atoms with van der Waals surface area (Å²) in [5.74, 6) is -0.0706. The van der Waals surface area contributed by atoms with Gasteiger partial charge < -0.3 is 4.90 Å². The first-order chi connectivity index (χ1) is 11.8. The van der Waals surface area contributed by atoms with Crippen molar-refractivity contribution < 1.29 is 18.0 Å². The summed E-state index contributed by atoms with van der Waals surface area (Å²) in [6, 6.07) is 7.07. The van der Waals surface area contributed by atoms with E-state index in [1.54, 1.807) is 30.3 Å². The van der Waals surface area contributed by atoms with Crippen LogP contribution < -0.4 is 0 Å². The number of amides is 1. The summed E-state index contributed by atoms with van der Waals surface area (Å²) in [4.78, 5) is 16.2. The van der Waals surface area contributed by atoms with Gasteiger partial charge in [0.2, 0.25) is 0 Å². The maximum atomic E-state index is 12.8. The van der Waals surface area contributed by atoms with Gasteiger partial charge in [0.25, 0.3) is 5.91 Å². The smallest absolute Gasteiger partial charge is 0.335 e. The van der Waals surface area contributed by atoms with Crippen LogP contribution in [0.25, 0.3) is 0 Å². The van der Waals surface area contributed by atoms with E-state index in [9.17, 15) is 18.0 Å². The molecule has 1 aliphatic heterocycles. The largest absolute Gasteiger partial charge is 0.416 e. The maximum absolute atomic E-state index is 12.8. The van der Waals surface area contributed by atoms with Crippen molar-refractivity contribution in [2.24, 2.45) is 7.05 Å². The van der Waals surface area contributed by atoms with Crippen LogP contribution in [0.15, 0.2) is 36.5 Å². The van der Waals surface area contributed by atoms with Crippen LogP contribution in [0, 0.1) is 0 Å². The molecular weight excluding hydrogens is 333 g/mol. The number of benzene rings is 1. The monoisotopic (exact) mass is 352 g/mol. The molecule has 1 aliphatic rings. The first-order valence-corrected chi connectivity index (χ1v) is 8.00. The van der Waals surface area contributed by atoms with Crippen molar-refractivity contribution in [1.29, 1.82) is 0 Å². The summed E-state index contributed by atoms with van der Waals surface area (Å²) in [7, 11) is 1.72. The average molecular weight is 352 g/mol. The summed E-state index contributed by atoms with van der Waals surface area (Å²) in [6.07, 6.45) is -2.75. The summed E-state index contributed by atoms with van der Waals surface area (Å²) >= 11 is 0. The Balaban J connectivity index is 1.58. The van der Waals surface area contributed by atoms with Crippen LogP contribution in [0.2, 0.25) is 0 Å². The zero-order chi connectivity index (χ0) is 18.0. The van der Waals surface area contributed by atoms with E-state index in [0.717, 1.165) is 6.07 Å². The van der Waals surface area contributed by atoms with Gasteiger partial charge in [0, 0.05) is 46.0 Å². The third-order valence-corrected chi connectivity index (χ3v) is 4.36. The van der Waals surface area contributed by atoms with Gasteiger partial charge in [-0.2, -0.15) is 18.3 Å². The zero-order valence-electron chi connectivity index (χ0n) is 13.8. The van der Waals surface area contributed by atoms with Gasteiger partial charge in [-0.1, -0.05) is 18.2 Å². The lowest BCUT2D eigenvalue weighted by Crippen LogP contribution is -2.48. The Labute approximate surface area is 143 Å². The minimum Gasteiger partial charge on any atom is -0.335 e. The van der Waals surface area contributed by atoms with Crippen molar-refractivity contribution in [3.63, 3.8) is 0 Å². The highest BCUT2D eigenvalue weighted by Crippen LogP contribution is 2.29. The van der Waals surface area contributed by atoms with Gasteiger partial charge >= 0.3 is 6.18 Å². The minimum atomic E-state index is -4.33. The second kappa shape index (κ2) is 6.87. The van der Waals surface area contributed by atoms with Gasteiger partial charge in [0.15, 0.2) is 0 Å². The van der Waals surface area contributed by atoms with Crippen LogP contribution in [-0.2, 0) is 19.8 Å². The lowest BCUT2D eigenvalue weighted by atomic mass is 10.1. The van der Waals surface area contributed by atoms with Crippen molar-refractivity contribution >= 4 is 5.91 Å². The molecule has 2 aromatic rings. The molecule has 3 rings (SSSR count). The number of carbonyl (C=O) groups excluding carboxylic acids is 1. The van der Waals surface area contributed by atoms with Gasteiger partial charge in [-0.3, -0.25) is 14.4 Å². The molecule has 1 amide bonds. The number of nitrogens with zero attached hydrogens (tertiary/aromatic N) is 4. The van der Waals surface area contributed by atoms with E-state index < -0.39 is 11.7 Å². The molecule has 1 aromatic carbocycles. The maximum Gasteiger partial charge on any atom is 0.416 e. The SMILES string of the molecule is Cn1nccc1C(=O)N1CCN(Cc2cccc(C(F)(F)F)c2)CC1. The predicted octanol–water partition coefficient (Wildman–Crippen LogP) is 2.40. The molecule has 1 fully saturated rings. The Bertz CT molecular complexity index is 748. The Kier molecular flexibility index (Phi) is 4.80. The van der Waals surface area contributed by atoms with Gasteiger partial charge in [-0.05, 0) is 17.7 Å². The fourth-order valence-corrected chi connectivity index (χ4v) is 2.96. The lowest BCUT2D eigenvalue weighted by molar-refractivity contribution is -0.137. The highest BCUT2D eigenvalue weighted by molar-refractivity contribution is 5.92. The van der Waals surface area contributed by atoms with E-state index in [-0.39, 0.29) is 5.91 Å². The molecule has 1 saturated heterocycles. The molecule has 5 nitrogen and oxygen atoms in total. The van der Waals surface area contributed by atoms with Crippen LogP contribution in [0.4, 0.5) is 13.2 Å². The minimum absolute atomic E-state index is 0.0706. The van der Waals surface area contributed by atoms with E-state index >= 15 is 0 Å². The molecular formula is C17H19F3N4O. The predicted molar refractivity (Wildman–Crippen MR) is 85.8 cm³/mol. The number of aryl methyl sites for hydroxylation is 1.